The van der Waals surface area contributed by atoms with E-state index in [0.717, 1.165) is 18.2 Å². The molecule has 1 aliphatic rings. The molecule has 0 spiro atoms. The molecule has 3 atom stereocenters. The summed E-state index contributed by atoms with van der Waals surface area (Å²) in [4.78, 5) is 17.0. The summed E-state index contributed by atoms with van der Waals surface area (Å²) in [6, 6.07) is 8.97. The van der Waals surface area contributed by atoms with Crippen LogP contribution in [-0.4, -0.2) is 56.0 Å². The van der Waals surface area contributed by atoms with Crippen LogP contribution in [0.25, 0.3) is 0 Å². The molecule has 34 heavy (non-hydrogen) atoms. The second-order valence-electron chi connectivity index (χ2n) is 7.67. The molecule has 3 unspecified atom stereocenters. The molecule has 0 aliphatic carbocycles. The second-order valence-corrected chi connectivity index (χ2v) is 8.10. The molecule has 0 aromatic heterocycles. The molecule has 2 aromatic rings. The number of hydrazine groups is 1. The molecule has 1 heterocycles. The van der Waals surface area contributed by atoms with Crippen molar-refractivity contribution < 1.29 is 22.7 Å². The van der Waals surface area contributed by atoms with Crippen molar-refractivity contribution >= 4 is 23.5 Å². The van der Waals surface area contributed by atoms with Gasteiger partial charge in [0.05, 0.1) is 6.04 Å². The minimum absolute atomic E-state index is 0.00397. The number of aliphatic imine (C=N–C) groups is 1. The van der Waals surface area contributed by atoms with Crippen LogP contribution in [0, 0.1) is 11.6 Å². The van der Waals surface area contributed by atoms with Gasteiger partial charge in [0.2, 0.25) is 0 Å². The summed E-state index contributed by atoms with van der Waals surface area (Å²) in [6.07, 6.45) is -1.72. The largest absolute Gasteiger partial charge is 0.382 e. The van der Waals surface area contributed by atoms with E-state index < -0.39 is 35.9 Å². The number of hydrogen-bond acceptors (Lipinski definition) is 5. The zero-order valence-electron chi connectivity index (χ0n) is 18.8. The van der Waals surface area contributed by atoms with E-state index in [1.54, 1.807) is 36.3 Å². The van der Waals surface area contributed by atoms with Gasteiger partial charge in [-0.3, -0.25) is 15.1 Å². The Balaban J connectivity index is 1.74. The van der Waals surface area contributed by atoms with Gasteiger partial charge in [-0.1, -0.05) is 23.7 Å². The molecular weight excluding hydrogens is 471 g/mol. The average molecular weight is 498 g/mol. The maximum Gasteiger partial charge on any atom is 0.258 e. The summed E-state index contributed by atoms with van der Waals surface area (Å²) in [6.45, 7) is 3.21. The number of alkyl halides is 1. The van der Waals surface area contributed by atoms with E-state index in [-0.39, 0.29) is 11.5 Å². The monoisotopic (exact) mass is 497 g/mol. The normalized spacial score (nSPS) is 21.0. The number of nitrogens with zero attached hydrogens (tertiary/aromatic N) is 2. The zero-order valence-corrected chi connectivity index (χ0v) is 19.6. The van der Waals surface area contributed by atoms with E-state index in [0.29, 0.717) is 36.8 Å². The molecule has 0 radical (unpaired) electrons. The molecule has 1 aliphatic heterocycles. The van der Waals surface area contributed by atoms with Crippen LogP contribution in [0.4, 0.5) is 13.2 Å². The third-order valence-corrected chi connectivity index (χ3v) is 5.48. The maximum atomic E-state index is 15.4. The Kier molecular flexibility index (Phi) is 9.28. The smallest absolute Gasteiger partial charge is 0.258 e. The molecule has 3 rings (SSSR count). The van der Waals surface area contributed by atoms with Crippen molar-refractivity contribution in [2.24, 2.45) is 4.99 Å². The number of amides is 1. The first-order valence-electron chi connectivity index (χ1n) is 10.8. The molecule has 3 N–H and O–H groups in total. The summed E-state index contributed by atoms with van der Waals surface area (Å²) in [7, 11) is 1.66. The summed E-state index contributed by atoms with van der Waals surface area (Å²) < 4.78 is 47.5. The maximum absolute atomic E-state index is 15.4. The summed E-state index contributed by atoms with van der Waals surface area (Å²) in [5.41, 5.74) is 3.65. The summed E-state index contributed by atoms with van der Waals surface area (Å²) in [5, 5.41) is 7.54. The Morgan fingerprint density at radius 2 is 1.94 bits per heavy atom. The van der Waals surface area contributed by atoms with Gasteiger partial charge in [0.25, 0.3) is 5.91 Å². The van der Waals surface area contributed by atoms with E-state index in [4.69, 9.17) is 16.3 Å². The van der Waals surface area contributed by atoms with E-state index in [1.807, 2.05) is 6.92 Å². The van der Waals surface area contributed by atoms with Crippen LogP contribution >= 0.6 is 11.6 Å². The first kappa shape index (κ1) is 26.0. The van der Waals surface area contributed by atoms with Gasteiger partial charge < -0.3 is 10.1 Å². The number of carbonyl (C=O) groups is 1. The molecule has 1 fully saturated rings. The van der Waals surface area contributed by atoms with Gasteiger partial charge in [0.15, 0.2) is 23.8 Å². The van der Waals surface area contributed by atoms with Gasteiger partial charge in [0.1, 0.15) is 6.17 Å². The van der Waals surface area contributed by atoms with Crippen LogP contribution in [0.2, 0.25) is 5.02 Å². The number of benzene rings is 2. The molecule has 2 aromatic carbocycles. The molecule has 7 nitrogen and oxygen atoms in total. The zero-order chi connectivity index (χ0) is 24.7. The first-order valence-corrected chi connectivity index (χ1v) is 11.2. The Labute approximate surface area is 201 Å². The molecular formula is C23H27ClF3N5O2. The van der Waals surface area contributed by atoms with E-state index >= 15 is 4.39 Å². The molecule has 0 saturated carbocycles. The molecule has 11 heteroatoms. The standard InChI is InChI=1S/C23H27ClF3N5O2/c1-3-34-12-4-11-28-23(30-22(33)15-7-10-17(25)18(26)13-15)29-21-19(27)20(31-32(21)2)14-5-8-16(24)9-6-14/h5-10,13,19-21,31H,3-4,11-12H2,1-2H3,(H2,28,29,30,33). The molecule has 1 amide bonds. The minimum Gasteiger partial charge on any atom is -0.382 e. The third-order valence-electron chi connectivity index (χ3n) is 5.23. The van der Waals surface area contributed by atoms with Crippen molar-refractivity contribution in [3.8, 4) is 0 Å². The first-order chi connectivity index (χ1) is 16.3. The molecule has 184 valence electrons. The van der Waals surface area contributed by atoms with Gasteiger partial charge >= 0.3 is 0 Å². The predicted molar refractivity (Wildman–Crippen MR) is 124 cm³/mol. The lowest BCUT2D eigenvalue weighted by Gasteiger charge is -2.23. The topological polar surface area (TPSA) is 78.0 Å². The predicted octanol–water partition coefficient (Wildman–Crippen LogP) is 3.58. The summed E-state index contributed by atoms with van der Waals surface area (Å²) >= 11 is 5.93. The van der Waals surface area contributed by atoms with Crippen LogP contribution in [0.5, 0.6) is 0 Å². The minimum atomic E-state index is -1.42. The van der Waals surface area contributed by atoms with Crippen LogP contribution in [0.15, 0.2) is 47.5 Å². The highest BCUT2D eigenvalue weighted by Crippen LogP contribution is 2.29. The summed E-state index contributed by atoms with van der Waals surface area (Å²) in [5.74, 6) is -2.92. The number of carbonyl (C=O) groups excluding carboxylic acids is 1. The van der Waals surface area contributed by atoms with Crippen molar-refractivity contribution in [3.63, 3.8) is 0 Å². The Morgan fingerprint density at radius 3 is 2.62 bits per heavy atom. The van der Waals surface area contributed by atoms with Gasteiger partial charge in [-0.15, -0.1) is 0 Å². The highest BCUT2D eigenvalue weighted by Gasteiger charge is 2.41. The second kappa shape index (κ2) is 12.2. The number of ether oxygens (including phenoxy) is 1. The average Bonchev–Trinajstić information content (AvgIpc) is 3.09. The van der Waals surface area contributed by atoms with Gasteiger partial charge in [-0.25, -0.2) is 23.6 Å². The fraction of sp³-hybridized carbons (Fsp3) is 0.391. The number of rotatable bonds is 8. The lowest BCUT2D eigenvalue weighted by molar-refractivity contribution is 0.0972. The van der Waals surface area contributed by atoms with E-state index in [1.165, 1.54) is 0 Å². The number of halogens is 4. The van der Waals surface area contributed by atoms with Gasteiger partial charge in [0, 0.05) is 37.4 Å². The lowest BCUT2D eigenvalue weighted by atomic mass is 10.0. The quantitative estimate of drug-likeness (QED) is 0.295. The SMILES string of the molecule is CCOCCCN=C(NC(=O)c1ccc(F)c(F)c1)NC1C(F)C(c2ccc(Cl)cc2)NN1C. The van der Waals surface area contributed by atoms with Crippen molar-refractivity contribution in [2.45, 2.75) is 31.7 Å². The van der Waals surface area contributed by atoms with Crippen LogP contribution < -0.4 is 16.1 Å². The van der Waals surface area contributed by atoms with Crippen LogP contribution in [0.3, 0.4) is 0 Å². The van der Waals surface area contributed by atoms with Crippen molar-refractivity contribution in [3.05, 3.63) is 70.2 Å². The number of nitrogens with one attached hydrogen (secondary N) is 3. The molecule has 0 bridgehead atoms. The highest BCUT2D eigenvalue weighted by molar-refractivity contribution is 6.30. The highest BCUT2D eigenvalue weighted by atomic mass is 35.5. The molecule has 1 saturated heterocycles. The van der Waals surface area contributed by atoms with Gasteiger partial charge in [-0.2, -0.15) is 0 Å². The Bertz CT molecular complexity index is 1010. The fourth-order valence-corrected chi connectivity index (χ4v) is 3.58. The van der Waals surface area contributed by atoms with Gasteiger partial charge in [-0.05, 0) is 49.2 Å². The van der Waals surface area contributed by atoms with Crippen LogP contribution in [-0.2, 0) is 4.74 Å². The van der Waals surface area contributed by atoms with Crippen LogP contribution in [0.1, 0.15) is 35.3 Å². The Hall–Kier alpha value is -2.66. The fourth-order valence-electron chi connectivity index (χ4n) is 3.45. The van der Waals surface area contributed by atoms with E-state index in [9.17, 15) is 13.6 Å². The number of guanidine groups is 1. The van der Waals surface area contributed by atoms with Crippen molar-refractivity contribution in [1.82, 2.24) is 21.1 Å². The number of hydrogen-bond donors (Lipinski definition) is 3. The van der Waals surface area contributed by atoms with Crippen molar-refractivity contribution in [2.75, 3.05) is 26.8 Å². The Morgan fingerprint density at radius 1 is 1.21 bits per heavy atom. The lowest BCUT2D eigenvalue weighted by Crippen LogP contribution is -2.53. The van der Waals surface area contributed by atoms with E-state index in [2.05, 4.69) is 21.1 Å². The third kappa shape index (κ3) is 6.69. The van der Waals surface area contributed by atoms with Crippen molar-refractivity contribution in [1.29, 1.82) is 0 Å².